The minimum Gasteiger partial charge on any atom is -0.300 e. The Labute approximate surface area is 169 Å². The quantitative estimate of drug-likeness (QED) is 0.745. The number of nitrogens with one attached hydrogen (secondary N) is 2. The Morgan fingerprint density at radius 2 is 1.31 bits per heavy atom. The van der Waals surface area contributed by atoms with Crippen LogP contribution in [0.5, 0.6) is 0 Å². The summed E-state index contributed by atoms with van der Waals surface area (Å²) in [5.41, 5.74) is 0.334. The van der Waals surface area contributed by atoms with E-state index in [1.54, 1.807) is 24.3 Å². The standard InChI is InChI=1S/C22H24N4O3/c27-19-22(18-9-5-2-6-10-18,20(28)24-21(29)23-19)26-15-13-25(14-16-26)12-11-17-7-3-1-4-8-17/h1-10H,11-16H2,(H2,23,24,27,28,29). The van der Waals surface area contributed by atoms with Gasteiger partial charge in [-0.25, -0.2) is 4.79 Å². The molecule has 0 spiro atoms. The van der Waals surface area contributed by atoms with Gasteiger partial charge in [0.15, 0.2) is 0 Å². The molecule has 0 unspecified atom stereocenters. The van der Waals surface area contributed by atoms with E-state index in [1.807, 2.05) is 29.2 Å². The number of barbiturate groups is 1. The van der Waals surface area contributed by atoms with Crippen molar-refractivity contribution in [3.63, 3.8) is 0 Å². The zero-order valence-corrected chi connectivity index (χ0v) is 16.1. The molecule has 0 bridgehead atoms. The summed E-state index contributed by atoms with van der Waals surface area (Å²) in [4.78, 5) is 41.9. The highest BCUT2D eigenvalue weighted by molar-refractivity contribution is 6.22. The fourth-order valence-electron chi connectivity index (χ4n) is 4.17. The van der Waals surface area contributed by atoms with Crippen LogP contribution in [0.1, 0.15) is 11.1 Å². The molecule has 0 aliphatic carbocycles. The second kappa shape index (κ2) is 8.14. The van der Waals surface area contributed by atoms with Gasteiger partial charge in [-0.1, -0.05) is 60.7 Å². The van der Waals surface area contributed by atoms with Gasteiger partial charge < -0.3 is 4.90 Å². The molecule has 2 heterocycles. The Morgan fingerprint density at radius 1 is 0.759 bits per heavy atom. The van der Waals surface area contributed by atoms with Crippen LogP contribution < -0.4 is 10.6 Å². The molecule has 2 fully saturated rings. The summed E-state index contributed by atoms with van der Waals surface area (Å²) in [6.45, 7) is 3.52. The molecule has 0 radical (unpaired) electrons. The first-order chi connectivity index (χ1) is 14.1. The number of imide groups is 2. The van der Waals surface area contributed by atoms with E-state index in [9.17, 15) is 14.4 Å². The molecular formula is C22H24N4O3. The zero-order valence-electron chi connectivity index (χ0n) is 16.1. The van der Waals surface area contributed by atoms with Crippen molar-refractivity contribution in [3.8, 4) is 0 Å². The molecule has 29 heavy (non-hydrogen) atoms. The van der Waals surface area contributed by atoms with E-state index >= 15 is 0 Å². The molecule has 0 atom stereocenters. The normalized spacial score (nSPS) is 20.2. The molecule has 2 saturated heterocycles. The van der Waals surface area contributed by atoms with E-state index in [2.05, 4.69) is 27.7 Å². The molecule has 2 aliphatic rings. The lowest BCUT2D eigenvalue weighted by atomic mass is 9.84. The number of piperazine rings is 1. The summed E-state index contributed by atoms with van der Waals surface area (Å²) >= 11 is 0. The molecule has 7 nitrogen and oxygen atoms in total. The highest BCUT2D eigenvalue weighted by Gasteiger charge is 2.56. The van der Waals surface area contributed by atoms with Gasteiger partial charge in [0.1, 0.15) is 0 Å². The lowest BCUT2D eigenvalue weighted by Crippen LogP contribution is -2.72. The van der Waals surface area contributed by atoms with Gasteiger partial charge in [0, 0.05) is 32.7 Å². The van der Waals surface area contributed by atoms with Gasteiger partial charge in [-0.2, -0.15) is 0 Å². The molecule has 2 aromatic carbocycles. The summed E-state index contributed by atoms with van der Waals surface area (Å²) in [5, 5.41) is 4.58. The van der Waals surface area contributed by atoms with Crippen LogP contribution in [0.4, 0.5) is 4.79 Å². The predicted molar refractivity (Wildman–Crippen MR) is 108 cm³/mol. The van der Waals surface area contributed by atoms with Crippen molar-refractivity contribution >= 4 is 17.8 Å². The van der Waals surface area contributed by atoms with Crippen LogP contribution in [-0.2, 0) is 21.5 Å². The summed E-state index contributed by atoms with van der Waals surface area (Å²) in [6.07, 6.45) is 0.958. The van der Waals surface area contributed by atoms with Gasteiger partial charge in [0.2, 0.25) is 5.54 Å². The molecule has 4 amide bonds. The number of carbonyl (C=O) groups excluding carboxylic acids is 3. The number of hydrogen-bond acceptors (Lipinski definition) is 5. The smallest absolute Gasteiger partial charge is 0.300 e. The Balaban J connectivity index is 1.51. The number of amides is 4. The van der Waals surface area contributed by atoms with Crippen LogP contribution in [0, 0.1) is 0 Å². The number of rotatable bonds is 5. The highest BCUT2D eigenvalue weighted by Crippen LogP contribution is 2.32. The molecule has 2 aliphatic heterocycles. The third-order valence-corrected chi connectivity index (χ3v) is 5.71. The number of carbonyl (C=O) groups is 3. The van der Waals surface area contributed by atoms with Crippen LogP contribution in [0.3, 0.4) is 0 Å². The molecular weight excluding hydrogens is 368 g/mol. The fraction of sp³-hybridized carbons (Fsp3) is 0.318. The molecule has 2 aromatic rings. The second-order valence-electron chi connectivity index (χ2n) is 7.38. The van der Waals surface area contributed by atoms with Crippen molar-refractivity contribution in [1.29, 1.82) is 0 Å². The number of nitrogens with zero attached hydrogens (tertiary/aromatic N) is 2. The molecule has 2 N–H and O–H groups in total. The third-order valence-electron chi connectivity index (χ3n) is 5.71. The lowest BCUT2D eigenvalue weighted by Gasteiger charge is -2.46. The number of benzene rings is 2. The van der Waals surface area contributed by atoms with Gasteiger partial charge in [0.05, 0.1) is 0 Å². The Kier molecular flexibility index (Phi) is 5.42. The van der Waals surface area contributed by atoms with E-state index < -0.39 is 23.4 Å². The first kappa shape index (κ1) is 19.3. The average molecular weight is 392 g/mol. The molecule has 4 rings (SSSR count). The van der Waals surface area contributed by atoms with Crippen molar-refractivity contribution < 1.29 is 14.4 Å². The third kappa shape index (κ3) is 3.66. The Bertz CT molecular complexity index is 873. The van der Waals surface area contributed by atoms with Gasteiger partial charge in [-0.05, 0) is 17.5 Å². The monoisotopic (exact) mass is 392 g/mol. The van der Waals surface area contributed by atoms with Gasteiger partial charge >= 0.3 is 6.03 Å². The van der Waals surface area contributed by atoms with Crippen molar-refractivity contribution in [2.24, 2.45) is 0 Å². The SMILES string of the molecule is O=C1NC(=O)C(c2ccccc2)(N2CCN(CCc3ccccc3)CC2)C(=O)N1. The number of urea groups is 1. The van der Waals surface area contributed by atoms with Gasteiger partial charge in [-0.3, -0.25) is 25.1 Å². The summed E-state index contributed by atoms with van der Waals surface area (Å²) in [6, 6.07) is 18.5. The molecule has 150 valence electrons. The van der Waals surface area contributed by atoms with Crippen molar-refractivity contribution in [3.05, 3.63) is 71.8 Å². The van der Waals surface area contributed by atoms with Crippen LogP contribution >= 0.6 is 0 Å². The lowest BCUT2D eigenvalue weighted by molar-refractivity contribution is -0.150. The summed E-state index contributed by atoms with van der Waals surface area (Å²) in [5.74, 6) is -1.18. The van der Waals surface area contributed by atoms with Crippen LogP contribution in [0.25, 0.3) is 0 Å². The van der Waals surface area contributed by atoms with Crippen LogP contribution in [-0.4, -0.2) is 60.4 Å². The summed E-state index contributed by atoms with van der Waals surface area (Å²) < 4.78 is 0. The van der Waals surface area contributed by atoms with Crippen LogP contribution in [0.2, 0.25) is 0 Å². The van der Waals surface area contributed by atoms with Crippen molar-refractivity contribution in [2.45, 2.75) is 12.0 Å². The topological polar surface area (TPSA) is 81.8 Å². The minimum atomic E-state index is -1.53. The molecule has 0 aromatic heterocycles. The maximum atomic E-state index is 13.0. The van der Waals surface area contributed by atoms with E-state index in [-0.39, 0.29) is 0 Å². The highest BCUT2D eigenvalue weighted by atomic mass is 16.2. The maximum absolute atomic E-state index is 13.0. The first-order valence-electron chi connectivity index (χ1n) is 9.84. The Morgan fingerprint density at radius 3 is 1.90 bits per heavy atom. The summed E-state index contributed by atoms with van der Waals surface area (Å²) in [7, 11) is 0. The zero-order chi connectivity index (χ0) is 20.3. The predicted octanol–water partition coefficient (Wildman–Crippen LogP) is 1.11. The van der Waals surface area contributed by atoms with E-state index in [1.165, 1.54) is 5.56 Å². The van der Waals surface area contributed by atoms with E-state index in [4.69, 9.17) is 0 Å². The first-order valence-corrected chi connectivity index (χ1v) is 9.84. The second-order valence-corrected chi connectivity index (χ2v) is 7.38. The van der Waals surface area contributed by atoms with Gasteiger partial charge in [0.25, 0.3) is 11.8 Å². The van der Waals surface area contributed by atoms with Crippen molar-refractivity contribution in [1.82, 2.24) is 20.4 Å². The Hall–Kier alpha value is -3.03. The number of hydrogen-bond donors (Lipinski definition) is 2. The minimum absolute atomic E-state index is 0.554. The van der Waals surface area contributed by atoms with Crippen molar-refractivity contribution in [2.75, 3.05) is 32.7 Å². The van der Waals surface area contributed by atoms with Crippen LogP contribution in [0.15, 0.2) is 60.7 Å². The van der Waals surface area contributed by atoms with Gasteiger partial charge in [-0.15, -0.1) is 0 Å². The molecule has 0 saturated carbocycles. The average Bonchev–Trinajstić information content (AvgIpc) is 2.74. The fourth-order valence-corrected chi connectivity index (χ4v) is 4.17. The van der Waals surface area contributed by atoms with E-state index in [0.717, 1.165) is 26.1 Å². The van der Waals surface area contributed by atoms with E-state index in [0.29, 0.717) is 18.7 Å². The maximum Gasteiger partial charge on any atom is 0.328 e. The largest absolute Gasteiger partial charge is 0.328 e. The molecule has 7 heteroatoms.